The summed E-state index contributed by atoms with van der Waals surface area (Å²) in [5, 5.41) is 2.56. The van der Waals surface area contributed by atoms with Gasteiger partial charge >= 0.3 is 14.5 Å². The molecule has 0 atom stereocenters. The average molecular weight is 222 g/mol. The summed E-state index contributed by atoms with van der Waals surface area (Å²) in [6.45, 7) is 9.51. The van der Waals surface area contributed by atoms with E-state index in [4.69, 9.17) is 3.79 Å². The highest BCUT2D eigenvalue weighted by Crippen LogP contribution is 1.98. The second-order valence-electron chi connectivity index (χ2n) is 3.55. The maximum Gasteiger partial charge on any atom is 0.460 e. The van der Waals surface area contributed by atoms with Gasteiger partial charge in [0.1, 0.15) is 0 Å². The van der Waals surface area contributed by atoms with E-state index in [2.05, 4.69) is 39.8 Å². The molecule has 0 amide bonds. The van der Waals surface area contributed by atoms with Gasteiger partial charge in [0.2, 0.25) is 0 Å². The van der Waals surface area contributed by atoms with E-state index >= 15 is 0 Å². The van der Waals surface area contributed by atoms with Crippen LogP contribution in [0.15, 0.2) is 30.3 Å². The normalized spacial score (nSPS) is 9.07. The summed E-state index contributed by atoms with van der Waals surface area (Å²) in [6.07, 6.45) is 0. The molecule has 0 saturated carbocycles. The Hall–Kier alpha value is -0.288. The predicted molar refractivity (Wildman–Crippen MR) is 69.5 cm³/mol. The second-order valence-corrected chi connectivity index (χ2v) is 6.76. The molecule has 0 aliphatic heterocycles. The lowest BCUT2D eigenvalue weighted by Crippen LogP contribution is -2.14. The summed E-state index contributed by atoms with van der Waals surface area (Å²) in [5.41, 5.74) is 1.32. The Morgan fingerprint density at radius 3 is 1.73 bits per heavy atom. The monoisotopic (exact) mass is 222 g/mol. The zero-order valence-corrected chi connectivity index (χ0v) is 11.6. The van der Waals surface area contributed by atoms with Crippen LogP contribution >= 0.6 is 0 Å². The van der Waals surface area contributed by atoms with Gasteiger partial charge in [0.15, 0.2) is 0 Å². The Morgan fingerprint density at radius 2 is 1.53 bits per heavy atom. The summed E-state index contributed by atoms with van der Waals surface area (Å²) >= 11 is -0.692. The summed E-state index contributed by atoms with van der Waals surface area (Å²) in [7, 11) is 0. The lowest BCUT2D eigenvalue weighted by molar-refractivity contribution is 0.343. The van der Waals surface area contributed by atoms with Crippen molar-refractivity contribution in [2.75, 3.05) is 6.61 Å². The maximum absolute atomic E-state index is 5.48. The molecule has 1 rings (SSSR count). The number of hydrogen-bond donors (Lipinski definition) is 0. The van der Waals surface area contributed by atoms with Crippen LogP contribution in [0.5, 0.6) is 0 Å². The number of aryl methyl sites for hydroxylation is 1. The molecule has 84 valence electrons. The van der Waals surface area contributed by atoms with Crippen LogP contribution in [0.1, 0.15) is 26.3 Å². The molecule has 0 aliphatic carbocycles. The molecule has 1 aromatic rings. The van der Waals surface area contributed by atoms with E-state index in [1.807, 2.05) is 18.2 Å². The summed E-state index contributed by atoms with van der Waals surface area (Å²) in [5.74, 6) is 0. The van der Waals surface area contributed by atoms with E-state index in [1.165, 1.54) is 16.1 Å². The van der Waals surface area contributed by atoms with Crippen molar-refractivity contribution in [1.82, 2.24) is 0 Å². The Bertz CT molecular complexity index is 219. The van der Waals surface area contributed by atoms with Gasteiger partial charge in [0.05, 0.1) is 0 Å². The van der Waals surface area contributed by atoms with Gasteiger partial charge in [-0.3, -0.25) is 0 Å². The quantitative estimate of drug-likeness (QED) is 0.698. The highest BCUT2D eigenvalue weighted by molar-refractivity contribution is 6.51. The SMILES string of the molecule is CC[O][Al]([CH2]C)[CH2]C.Cc1ccccc1. The Labute approximate surface area is 99.2 Å². The van der Waals surface area contributed by atoms with Crippen molar-refractivity contribution in [3.63, 3.8) is 0 Å². The van der Waals surface area contributed by atoms with E-state index in [-0.39, 0.29) is 0 Å². The van der Waals surface area contributed by atoms with Crippen molar-refractivity contribution in [2.45, 2.75) is 38.3 Å². The molecule has 0 heterocycles. The van der Waals surface area contributed by atoms with E-state index in [1.54, 1.807) is 0 Å². The first-order chi connectivity index (χ1) is 7.24. The van der Waals surface area contributed by atoms with Crippen LogP contribution in [0, 0.1) is 6.92 Å². The Kier molecular flexibility index (Phi) is 10.0. The molecule has 0 saturated heterocycles. The highest BCUT2D eigenvalue weighted by Gasteiger charge is 2.12. The highest BCUT2D eigenvalue weighted by atomic mass is 27.2. The van der Waals surface area contributed by atoms with E-state index in [0.29, 0.717) is 0 Å². The molecule has 15 heavy (non-hydrogen) atoms. The number of hydrogen-bond acceptors (Lipinski definition) is 1. The zero-order valence-electron chi connectivity index (χ0n) is 10.5. The fraction of sp³-hybridized carbons (Fsp3) is 0.538. The molecule has 0 N–H and O–H groups in total. The fourth-order valence-electron chi connectivity index (χ4n) is 1.29. The van der Waals surface area contributed by atoms with Crippen LogP contribution in [0.4, 0.5) is 0 Å². The van der Waals surface area contributed by atoms with Crippen molar-refractivity contribution in [2.24, 2.45) is 0 Å². The molecular weight excluding hydrogens is 199 g/mol. The molecule has 1 aromatic carbocycles. The van der Waals surface area contributed by atoms with Gasteiger partial charge in [-0.2, -0.15) is 0 Å². The van der Waals surface area contributed by atoms with Gasteiger partial charge in [-0.15, -0.1) is 0 Å². The van der Waals surface area contributed by atoms with Crippen molar-refractivity contribution in [3.05, 3.63) is 35.9 Å². The third kappa shape index (κ3) is 8.69. The molecule has 0 spiro atoms. The molecule has 0 aliphatic rings. The lowest BCUT2D eigenvalue weighted by atomic mass is 10.2. The van der Waals surface area contributed by atoms with Gasteiger partial charge in [0.25, 0.3) is 0 Å². The van der Waals surface area contributed by atoms with Crippen LogP contribution in [0.2, 0.25) is 10.6 Å². The lowest BCUT2D eigenvalue weighted by Gasteiger charge is -2.04. The van der Waals surface area contributed by atoms with Crippen molar-refractivity contribution < 1.29 is 3.79 Å². The molecule has 0 unspecified atom stereocenters. The molecule has 0 aromatic heterocycles. The van der Waals surface area contributed by atoms with Gasteiger partial charge in [-0.1, -0.05) is 60.3 Å². The van der Waals surface area contributed by atoms with Gasteiger partial charge < -0.3 is 3.79 Å². The maximum atomic E-state index is 5.48. The van der Waals surface area contributed by atoms with Crippen molar-refractivity contribution >= 4 is 14.5 Å². The summed E-state index contributed by atoms with van der Waals surface area (Å²) in [4.78, 5) is 0. The molecule has 2 heteroatoms. The third-order valence-corrected chi connectivity index (χ3v) is 4.88. The minimum atomic E-state index is -0.692. The molecule has 1 nitrogen and oxygen atoms in total. The summed E-state index contributed by atoms with van der Waals surface area (Å²) < 4.78 is 5.48. The van der Waals surface area contributed by atoms with Crippen molar-refractivity contribution in [3.8, 4) is 0 Å². The predicted octanol–water partition coefficient (Wildman–Crippen LogP) is 4.05. The number of rotatable bonds is 4. The Balaban J connectivity index is 0.000000262. The standard InChI is InChI=1S/C7H8.C2H5O.2C2H5.Al/c1-7-5-3-2-4-6-7;1-2-3;2*1-2;/h2-6H,1H3;2H2,1H3;2*1H2,2H3;/q;-1;;;+1. The molecular formula is C13H23AlO. The first-order valence-electron chi connectivity index (χ1n) is 5.87. The molecule has 0 radical (unpaired) electrons. The topological polar surface area (TPSA) is 9.23 Å². The van der Waals surface area contributed by atoms with Crippen LogP contribution in [-0.2, 0) is 3.79 Å². The average Bonchev–Trinajstić information content (AvgIpc) is 2.28. The largest absolute Gasteiger partial charge is 0.501 e. The molecule has 0 bridgehead atoms. The van der Waals surface area contributed by atoms with Crippen LogP contribution in [0.25, 0.3) is 0 Å². The fourth-order valence-corrected chi connectivity index (χ4v) is 2.81. The zero-order chi connectivity index (χ0) is 11.5. The number of benzene rings is 1. The van der Waals surface area contributed by atoms with Crippen LogP contribution in [0.3, 0.4) is 0 Å². The summed E-state index contributed by atoms with van der Waals surface area (Å²) in [6, 6.07) is 10.3. The van der Waals surface area contributed by atoms with Gasteiger partial charge in [-0.05, 0) is 13.8 Å². The van der Waals surface area contributed by atoms with Crippen molar-refractivity contribution in [1.29, 1.82) is 0 Å². The minimum Gasteiger partial charge on any atom is -0.501 e. The van der Waals surface area contributed by atoms with E-state index < -0.39 is 14.5 Å². The first kappa shape index (κ1) is 14.7. The van der Waals surface area contributed by atoms with E-state index in [0.717, 1.165) is 6.61 Å². The smallest absolute Gasteiger partial charge is 0.460 e. The molecule has 0 fully saturated rings. The minimum absolute atomic E-state index is 0.692. The first-order valence-corrected chi connectivity index (χ1v) is 7.98. The van der Waals surface area contributed by atoms with Crippen LogP contribution in [-0.4, -0.2) is 21.1 Å². The second kappa shape index (κ2) is 10.2. The Morgan fingerprint density at radius 1 is 1.00 bits per heavy atom. The third-order valence-electron chi connectivity index (χ3n) is 2.25. The van der Waals surface area contributed by atoms with Gasteiger partial charge in [-0.25, -0.2) is 0 Å². The van der Waals surface area contributed by atoms with Gasteiger partial charge in [0, 0.05) is 6.61 Å². The van der Waals surface area contributed by atoms with E-state index in [9.17, 15) is 0 Å². The van der Waals surface area contributed by atoms with Crippen LogP contribution < -0.4 is 0 Å².